The van der Waals surface area contributed by atoms with E-state index in [1.165, 1.54) is 12.5 Å². The van der Waals surface area contributed by atoms with Crippen molar-refractivity contribution in [3.63, 3.8) is 0 Å². The SMILES string of the molecule is O=CO.O=c1[nH]cco1. The van der Waals surface area contributed by atoms with Crippen LogP contribution < -0.4 is 5.76 Å². The van der Waals surface area contributed by atoms with Crippen molar-refractivity contribution in [2.24, 2.45) is 0 Å². The van der Waals surface area contributed by atoms with E-state index in [-0.39, 0.29) is 6.47 Å². The minimum Gasteiger partial charge on any atom is -0.483 e. The van der Waals surface area contributed by atoms with Crippen molar-refractivity contribution in [1.29, 1.82) is 0 Å². The predicted octanol–water partition coefficient (Wildman–Crippen LogP) is -0.331. The average molecular weight is 131 g/mol. The molecule has 2 N–H and O–H groups in total. The van der Waals surface area contributed by atoms with E-state index in [1.807, 2.05) is 0 Å². The van der Waals surface area contributed by atoms with Crippen LogP contribution in [0.15, 0.2) is 21.7 Å². The molecule has 0 unspecified atom stereocenters. The van der Waals surface area contributed by atoms with Crippen LogP contribution in [0.2, 0.25) is 0 Å². The minimum absolute atomic E-state index is 0.250. The Hall–Kier alpha value is -1.52. The lowest BCUT2D eigenvalue weighted by molar-refractivity contribution is -0.122. The fourth-order valence-corrected chi connectivity index (χ4v) is 0.232. The molecule has 1 aromatic heterocycles. The quantitative estimate of drug-likeness (QED) is 0.472. The van der Waals surface area contributed by atoms with Crippen LogP contribution >= 0.6 is 0 Å². The number of carboxylic acid groups (broad SMARTS) is 1. The van der Waals surface area contributed by atoms with E-state index in [0.29, 0.717) is 0 Å². The third kappa shape index (κ3) is 4.33. The summed E-state index contributed by atoms with van der Waals surface area (Å²) in [4.78, 5) is 20.5. The van der Waals surface area contributed by atoms with Crippen molar-refractivity contribution >= 4 is 6.47 Å². The van der Waals surface area contributed by atoms with Gasteiger partial charge in [0.05, 0.1) is 0 Å². The summed E-state index contributed by atoms with van der Waals surface area (Å²) in [5.41, 5.74) is 0. The van der Waals surface area contributed by atoms with Crippen LogP contribution in [0.5, 0.6) is 0 Å². The number of nitrogens with one attached hydrogen (secondary N) is 1. The molecule has 9 heavy (non-hydrogen) atoms. The summed E-state index contributed by atoms with van der Waals surface area (Å²) in [6, 6.07) is 0. The molecule has 0 saturated heterocycles. The Bertz CT molecular complexity index is 184. The van der Waals surface area contributed by atoms with E-state index in [1.54, 1.807) is 0 Å². The number of carbonyl (C=O) groups is 1. The van der Waals surface area contributed by atoms with Gasteiger partial charge in [-0.15, -0.1) is 0 Å². The Morgan fingerprint density at radius 2 is 2.33 bits per heavy atom. The van der Waals surface area contributed by atoms with E-state index in [9.17, 15) is 4.79 Å². The van der Waals surface area contributed by atoms with Gasteiger partial charge in [-0.1, -0.05) is 0 Å². The maximum atomic E-state index is 9.85. The lowest BCUT2D eigenvalue weighted by Gasteiger charge is -1.51. The first-order chi connectivity index (χ1) is 4.31. The molecule has 0 radical (unpaired) electrons. The number of rotatable bonds is 0. The zero-order valence-corrected chi connectivity index (χ0v) is 4.40. The fraction of sp³-hybridized carbons (Fsp3) is 0. The van der Waals surface area contributed by atoms with Gasteiger partial charge in [-0.05, 0) is 0 Å². The van der Waals surface area contributed by atoms with Crippen LogP contribution in [0, 0.1) is 0 Å². The highest BCUT2D eigenvalue weighted by atomic mass is 16.4. The number of aromatic amines is 1. The highest BCUT2D eigenvalue weighted by Crippen LogP contribution is 1.62. The molecule has 5 nitrogen and oxygen atoms in total. The van der Waals surface area contributed by atoms with Crippen molar-refractivity contribution in [2.45, 2.75) is 0 Å². The highest BCUT2D eigenvalue weighted by Gasteiger charge is 1.72. The van der Waals surface area contributed by atoms with Gasteiger partial charge in [0, 0.05) is 6.20 Å². The largest absolute Gasteiger partial charge is 0.483 e. The number of H-pyrrole nitrogens is 1. The topological polar surface area (TPSA) is 83.3 Å². The number of aromatic nitrogens is 1. The smallest absolute Gasteiger partial charge is 0.416 e. The third-order valence-corrected chi connectivity index (χ3v) is 0.444. The van der Waals surface area contributed by atoms with E-state index >= 15 is 0 Å². The Morgan fingerprint density at radius 3 is 2.44 bits per heavy atom. The minimum atomic E-state index is -0.407. The lowest BCUT2D eigenvalue weighted by Crippen LogP contribution is -1.91. The van der Waals surface area contributed by atoms with Crippen molar-refractivity contribution in [1.82, 2.24) is 4.98 Å². The number of oxazole rings is 1. The second-order valence-corrected chi connectivity index (χ2v) is 0.958. The summed E-state index contributed by atoms with van der Waals surface area (Å²) >= 11 is 0. The molecule has 1 heterocycles. The van der Waals surface area contributed by atoms with Gasteiger partial charge >= 0.3 is 5.76 Å². The molecular weight excluding hydrogens is 126 g/mol. The zero-order valence-electron chi connectivity index (χ0n) is 4.40. The molecule has 0 fully saturated rings. The van der Waals surface area contributed by atoms with Gasteiger partial charge in [0.25, 0.3) is 6.47 Å². The monoisotopic (exact) mass is 131 g/mol. The van der Waals surface area contributed by atoms with Gasteiger partial charge in [-0.3, -0.25) is 9.78 Å². The molecule has 0 atom stereocenters. The van der Waals surface area contributed by atoms with Gasteiger partial charge in [0.1, 0.15) is 6.26 Å². The van der Waals surface area contributed by atoms with Crippen molar-refractivity contribution in [3.05, 3.63) is 23.0 Å². The first kappa shape index (κ1) is 7.48. The predicted molar refractivity (Wildman–Crippen MR) is 28.0 cm³/mol. The van der Waals surface area contributed by atoms with Crippen molar-refractivity contribution < 1.29 is 14.3 Å². The van der Waals surface area contributed by atoms with Crippen LogP contribution in [0.1, 0.15) is 0 Å². The van der Waals surface area contributed by atoms with E-state index in [2.05, 4.69) is 9.40 Å². The third-order valence-electron chi connectivity index (χ3n) is 0.444. The van der Waals surface area contributed by atoms with Gasteiger partial charge in [0.15, 0.2) is 0 Å². The van der Waals surface area contributed by atoms with Crippen LogP contribution in [0.4, 0.5) is 0 Å². The standard InChI is InChI=1S/C3H3NO2.CH2O2/c5-3-4-1-2-6-3;2-1-3/h1-2H,(H,4,5);1H,(H,2,3). The van der Waals surface area contributed by atoms with Gasteiger partial charge in [-0.2, -0.15) is 0 Å². The number of hydrogen-bond donors (Lipinski definition) is 2. The van der Waals surface area contributed by atoms with E-state index in [4.69, 9.17) is 9.90 Å². The molecule has 0 aliphatic heterocycles. The van der Waals surface area contributed by atoms with Crippen LogP contribution in [-0.4, -0.2) is 16.6 Å². The summed E-state index contributed by atoms with van der Waals surface area (Å²) in [6.45, 7) is -0.250. The highest BCUT2D eigenvalue weighted by molar-refractivity contribution is 5.32. The summed E-state index contributed by atoms with van der Waals surface area (Å²) in [5.74, 6) is -0.407. The van der Waals surface area contributed by atoms with E-state index in [0.717, 1.165) is 0 Å². The molecule has 0 spiro atoms. The summed E-state index contributed by atoms with van der Waals surface area (Å²) in [6.07, 6.45) is 2.73. The first-order valence-corrected chi connectivity index (χ1v) is 2.01. The maximum absolute atomic E-state index is 9.85. The number of hydrogen-bond acceptors (Lipinski definition) is 3. The molecule has 0 aromatic carbocycles. The van der Waals surface area contributed by atoms with Gasteiger partial charge < -0.3 is 9.52 Å². The molecule has 1 rings (SSSR count). The molecule has 0 aliphatic carbocycles. The van der Waals surface area contributed by atoms with Crippen LogP contribution in [-0.2, 0) is 4.79 Å². The molecule has 0 aliphatic rings. The van der Waals surface area contributed by atoms with Crippen LogP contribution in [0.25, 0.3) is 0 Å². The summed E-state index contributed by atoms with van der Waals surface area (Å²) < 4.78 is 4.22. The molecular formula is C4H5NO4. The molecule has 5 heteroatoms. The second kappa shape index (κ2) is 4.63. The second-order valence-electron chi connectivity index (χ2n) is 0.958. The van der Waals surface area contributed by atoms with Crippen LogP contribution in [0.3, 0.4) is 0 Å². The molecule has 0 bridgehead atoms. The van der Waals surface area contributed by atoms with Gasteiger partial charge in [-0.25, -0.2) is 4.79 Å². The Labute approximate surface area is 49.9 Å². The molecule has 0 amide bonds. The van der Waals surface area contributed by atoms with E-state index < -0.39 is 5.76 Å². The van der Waals surface area contributed by atoms with Crippen molar-refractivity contribution in [3.8, 4) is 0 Å². The lowest BCUT2D eigenvalue weighted by atomic mass is 11.0. The zero-order chi connectivity index (χ0) is 7.11. The summed E-state index contributed by atoms with van der Waals surface area (Å²) in [7, 11) is 0. The Kier molecular flexibility index (Phi) is 3.85. The van der Waals surface area contributed by atoms with Gasteiger partial charge in [0.2, 0.25) is 0 Å². The maximum Gasteiger partial charge on any atom is 0.416 e. The average Bonchev–Trinajstić information content (AvgIpc) is 2.20. The molecule has 1 aromatic rings. The molecule has 0 saturated carbocycles. The fourth-order valence-electron chi connectivity index (χ4n) is 0.232. The molecule has 50 valence electrons. The summed E-state index contributed by atoms with van der Waals surface area (Å²) in [5, 5.41) is 6.89. The Balaban J connectivity index is 0.000000187. The van der Waals surface area contributed by atoms with Crippen molar-refractivity contribution in [2.75, 3.05) is 0 Å². The Morgan fingerprint density at radius 1 is 1.78 bits per heavy atom. The normalized spacial score (nSPS) is 7.11. The first-order valence-electron chi connectivity index (χ1n) is 2.01.